The van der Waals surface area contributed by atoms with Gasteiger partial charge in [0, 0.05) is 10.1 Å². The van der Waals surface area contributed by atoms with E-state index in [0.29, 0.717) is 0 Å². The molecule has 0 amide bonds. The van der Waals surface area contributed by atoms with Crippen LogP contribution in [0.4, 0.5) is 0 Å². The number of rotatable bonds is 4. The lowest BCUT2D eigenvalue weighted by molar-refractivity contribution is 0.583. The summed E-state index contributed by atoms with van der Waals surface area (Å²) in [4.78, 5) is 0. The minimum Gasteiger partial charge on any atom is -0.329 e. The Morgan fingerprint density at radius 1 is 1.33 bits per heavy atom. The molecule has 0 aliphatic carbocycles. The van der Waals surface area contributed by atoms with Crippen LogP contribution in [-0.2, 0) is 15.6 Å². The summed E-state index contributed by atoms with van der Waals surface area (Å²) in [6, 6.07) is 7.47. The minimum atomic E-state index is -3.10. The Bertz CT molecular complexity index is 414. The first-order valence-electron chi connectivity index (χ1n) is 4.62. The quantitative estimate of drug-likeness (QED) is 0.847. The van der Waals surface area contributed by atoms with Crippen molar-refractivity contribution in [1.29, 1.82) is 0 Å². The molecule has 0 fully saturated rings. The van der Waals surface area contributed by atoms with Crippen molar-refractivity contribution >= 4 is 32.4 Å². The number of hydrogen-bond acceptors (Lipinski definition) is 3. The molecule has 1 atom stereocenters. The second kappa shape index (κ2) is 5.27. The summed E-state index contributed by atoms with van der Waals surface area (Å²) >= 11 is 2.19. The predicted octanol–water partition coefficient (Wildman–Crippen LogP) is 1.55. The van der Waals surface area contributed by atoms with E-state index in [-0.39, 0.29) is 12.3 Å². The Morgan fingerprint density at radius 3 is 2.33 bits per heavy atom. The zero-order chi connectivity index (χ0) is 11.5. The maximum atomic E-state index is 11.7. The fraction of sp³-hybridized carbons (Fsp3) is 0.400. The van der Waals surface area contributed by atoms with E-state index in [1.807, 2.05) is 24.3 Å². The highest BCUT2D eigenvalue weighted by Gasteiger charge is 2.19. The van der Waals surface area contributed by atoms with Crippen molar-refractivity contribution in [3.63, 3.8) is 0 Å². The molecular formula is C10H14INO2S. The first-order chi connectivity index (χ1) is 6.95. The minimum absolute atomic E-state index is 0.0717. The van der Waals surface area contributed by atoms with Crippen molar-refractivity contribution in [2.45, 2.75) is 17.9 Å². The van der Waals surface area contributed by atoms with Crippen molar-refractivity contribution in [1.82, 2.24) is 0 Å². The van der Waals surface area contributed by atoms with E-state index in [2.05, 4.69) is 22.6 Å². The number of hydrogen-bond donors (Lipinski definition) is 1. The van der Waals surface area contributed by atoms with Gasteiger partial charge in [-0.25, -0.2) is 8.42 Å². The van der Waals surface area contributed by atoms with Gasteiger partial charge in [-0.3, -0.25) is 0 Å². The molecule has 1 aromatic rings. The topological polar surface area (TPSA) is 60.2 Å². The molecule has 0 aromatic heterocycles. The van der Waals surface area contributed by atoms with Crippen LogP contribution in [0, 0.1) is 3.57 Å². The van der Waals surface area contributed by atoms with Crippen molar-refractivity contribution in [3.8, 4) is 0 Å². The van der Waals surface area contributed by atoms with Gasteiger partial charge in [0.15, 0.2) is 9.84 Å². The van der Waals surface area contributed by atoms with Crippen molar-refractivity contribution in [3.05, 3.63) is 33.4 Å². The summed E-state index contributed by atoms with van der Waals surface area (Å²) in [6.45, 7) is 1.81. The molecule has 1 rings (SSSR count). The van der Waals surface area contributed by atoms with Gasteiger partial charge in [0.05, 0.1) is 11.0 Å². The molecule has 0 saturated carbocycles. The summed E-state index contributed by atoms with van der Waals surface area (Å²) in [6.07, 6.45) is 0. The third kappa shape index (κ3) is 3.73. The van der Waals surface area contributed by atoms with Crippen LogP contribution in [0.3, 0.4) is 0 Å². The van der Waals surface area contributed by atoms with Gasteiger partial charge in [-0.1, -0.05) is 12.1 Å². The molecule has 5 heteroatoms. The maximum Gasteiger partial charge on any atom is 0.158 e. The molecule has 0 aliphatic heterocycles. The molecule has 84 valence electrons. The Hall–Kier alpha value is -0.140. The standard InChI is InChI=1S/C10H14INO2S/c1-8(6-12)15(13,14)7-9-2-4-10(11)5-3-9/h2-5,8H,6-7,12H2,1H3. The van der Waals surface area contributed by atoms with E-state index in [4.69, 9.17) is 5.73 Å². The molecule has 1 unspecified atom stereocenters. The van der Waals surface area contributed by atoms with Crippen LogP contribution in [0.15, 0.2) is 24.3 Å². The Balaban J connectivity index is 2.82. The summed E-state index contributed by atoms with van der Waals surface area (Å²) in [5, 5.41) is -0.475. The normalized spacial score (nSPS) is 13.8. The van der Waals surface area contributed by atoms with Crippen molar-refractivity contribution in [2.24, 2.45) is 5.73 Å². The second-order valence-corrected chi connectivity index (χ2v) is 7.14. The van der Waals surface area contributed by atoms with Crippen LogP contribution in [0.2, 0.25) is 0 Å². The SMILES string of the molecule is CC(CN)S(=O)(=O)Cc1ccc(I)cc1. The van der Waals surface area contributed by atoms with Gasteiger partial charge in [-0.2, -0.15) is 0 Å². The molecular weight excluding hydrogens is 325 g/mol. The van der Waals surface area contributed by atoms with Crippen LogP contribution < -0.4 is 5.73 Å². The Kier molecular flexibility index (Phi) is 4.54. The van der Waals surface area contributed by atoms with Crippen molar-refractivity contribution < 1.29 is 8.42 Å². The number of halogens is 1. The highest BCUT2D eigenvalue weighted by molar-refractivity contribution is 14.1. The molecule has 1 aromatic carbocycles. The van der Waals surface area contributed by atoms with Gasteiger partial charge in [-0.05, 0) is 47.2 Å². The lowest BCUT2D eigenvalue weighted by Crippen LogP contribution is -2.27. The first-order valence-corrected chi connectivity index (χ1v) is 7.41. The number of nitrogens with two attached hydrogens (primary N) is 1. The van der Waals surface area contributed by atoms with Crippen LogP contribution >= 0.6 is 22.6 Å². The molecule has 0 heterocycles. The number of benzene rings is 1. The predicted molar refractivity (Wildman–Crippen MR) is 70.3 cm³/mol. The maximum absolute atomic E-state index is 11.7. The summed E-state index contributed by atoms with van der Waals surface area (Å²) in [5.41, 5.74) is 6.17. The fourth-order valence-corrected chi connectivity index (χ4v) is 2.70. The first kappa shape index (κ1) is 12.9. The summed E-state index contributed by atoms with van der Waals surface area (Å²) < 4.78 is 24.6. The van der Waals surface area contributed by atoms with E-state index in [9.17, 15) is 8.42 Å². The van der Waals surface area contributed by atoms with E-state index < -0.39 is 15.1 Å². The van der Waals surface area contributed by atoms with Gasteiger partial charge < -0.3 is 5.73 Å². The molecule has 0 bridgehead atoms. The monoisotopic (exact) mass is 339 g/mol. The molecule has 0 saturated heterocycles. The lowest BCUT2D eigenvalue weighted by atomic mass is 10.2. The average molecular weight is 339 g/mol. The van der Waals surface area contributed by atoms with E-state index in [1.165, 1.54) is 0 Å². The van der Waals surface area contributed by atoms with Gasteiger partial charge in [0.25, 0.3) is 0 Å². The Morgan fingerprint density at radius 2 is 1.87 bits per heavy atom. The van der Waals surface area contributed by atoms with Crippen LogP contribution in [-0.4, -0.2) is 20.2 Å². The molecule has 3 nitrogen and oxygen atoms in total. The smallest absolute Gasteiger partial charge is 0.158 e. The van der Waals surface area contributed by atoms with E-state index >= 15 is 0 Å². The zero-order valence-electron chi connectivity index (χ0n) is 8.48. The van der Waals surface area contributed by atoms with Crippen molar-refractivity contribution in [2.75, 3.05) is 6.54 Å². The largest absolute Gasteiger partial charge is 0.329 e. The number of sulfone groups is 1. The molecule has 2 N–H and O–H groups in total. The lowest BCUT2D eigenvalue weighted by Gasteiger charge is -2.10. The highest BCUT2D eigenvalue weighted by Crippen LogP contribution is 2.12. The van der Waals surface area contributed by atoms with Gasteiger partial charge >= 0.3 is 0 Å². The molecule has 15 heavy (non-hydrogen) atoms. The Labute approximate surface area is 104 Å². The zero-order valence-corrected chi connectivity index (χ0v) is 11.5. The molecule has 0 aliphatic rings. The van der Waals surface area contributed by atoms with Crippen LogP contribution in [0.25, 0.3) is 0 Å². The second-order valence-electron chi connectivity index (χ2n) is 3.48. The van der Waals surface area contributed by atoms with Crippen LogP contribution in [0.1, 0.15) is 12.5 Å². The van der Waals surface area contributed by atoms with E-state index in [0.717, 1.165) is 9.13 Å². The van der Waals surface area contributed by atoms with E-state index in [1.54, 1.807) is 6.92 Å². The molecule has 0 radical (unpaired) electrons. The highest BCUT2D eigenvalue weighted by atomic mass is 127. The third-order valence-electron chi connectivity index (χ3n) is 2.23. The third-order valence-corrected chi connectivity index (χ3v) is 5.10. The summed E-state index contributed by atoms with van der Waals surface area (Å²) in [5.74, 6) is 0.0717. The van der Waals surface area contributed by atoms with Gasteiger partial charge in [0.2, 0.25) is 0 Å². The molecule has 0 spiro atoms. The fourth-order valence-electron chi connectivity index (χ4n) is 1.10. The van der Waals surface area contributed by atoms with Gasteiger partial charge in [0.1, 0.15) is 0 Å². The summed E-state index contributed by atoms with van der Waals surface area (Å²) in [7, 11) is -3.10. The van der Waals surface area contributed by atoms with Gasteiger partial charge in [-0.15, -0.1) is 0 Å². The average Bonchev–Trinajstić information content (AvgIpc) is 2.20. The van der Waals surface area contributed by atoms with Crippen LogP contribution in [0.5, 0.6) is 0 Å².